The molecule has 0 saturated heterocycles. The third kappa shape index (κ3) is 4.23. The molecule has 0 atom stereocenters. The van der Waals surface area contributed by atoms with Crippen molar-refractivity contribution in [2.75, 3.05) is 10.6 Å². The maximum absolute atomic E-state index is 12.8. The predicted octanol–water partition coefficient (Wildman–Crippen LogP) is 4.87. The molecule has 1 aromatic carbocycles. The number of carbonyl (C=O) groups is 2. The number of hydrogen-bond acceptors (Lipinski definition) is 4. The number of benzene rings is 1. The summed E-state index contributed by atoms with van der Waals surface area (Å²) in [4.78, 5) is 28.3. The number of nitrogens with one attached hydrogen (secondary N) is 2. The highest BCUT2D eigenvalue weighted by atomic mass is 35.5. The molecule has 7 nitrogen and oxygen atoms in total. The van der Waals surface area contributed by atoms with E-state index in [1.54, 1.807) is 30.3 Å². The number of nitrogens with zero attached hydrogens (tertiary/aromatic N) is 3. The number of carbonyl (C=O) groups excluding carboxylic acids is 2. The van der Waals surface area contributed by atoms with Crippen LogP contribution >= 0.6 is 11.6 Å². The first-order valence-electron chi connectivity index (χ1n) is 10.1. The molecule has 8 heteroatoms. The Morgan fingerprint density at radius 2 is 1.97 bits per heavy atom. The first-order valence-corrected chi connectivity index (χ1v) is 10.5. The molecule has 0 fully saturated rings. The standard InChI is InChI=1S/C24H22ClN5O2/c1-14(31)28-16-6-4-5-15(7-16)23(32)29-22-9-18(20(25)12-27-22)19-8-17(11-26)30-13-24(2,3)10-21(19)30/h4-9,12H,10,13H2,1-3H3,(H,28,31)(H,27,29,32). The summed E-state index contributed by atoms with van der Waals surface area (Å²) in [6, 6.07) is 12.5. The third-order valence-electron chi connectivity index (χ3n) is 5.39. The van der Waals surface area contributed by atoms with Gasteiger partial charge in [0.05, 0.1) is 5.02 Å². The lowest BCUT2D eigenvalue weighted by molar-refractivity contribution is -0.114. The van der Waals surface area contributed by atoms with E-state index < -0.39 is 0 Å². The van der Waals surface area contributed by atoms with Gasteiger partial charge in [0.2, 0.25) is 5.91 Å². The van der Waals surface area contributed by atoms with Crippen molar-refractivity contribution in [1.29, 1.82) is 5.26 Å². The van der Waals surface area contributed by atoms with Crippen LogP contribution in [0.3, 0.4) is 0 Å². The topological polar surface area (TPSA) is 99.8 Å². The van der Waals surface area contributed by atoms with E-state index in [9.17, 15) is 14.9 Å². The molecule has 2 aromatic heterocycles. The maximum atomic E-state index is 12.8. The molecule has 32 heavy (non-hydrogen) atoms. The highest BCUT2D eigenvalue weighted by molar-refractivity contribution is 6.33. The van der Waals surface area contributed by atoms with Crippen LogP contribution in [0.5, 0.6) is 0 Å². The zero-order valence-corrected chi connectivity index (χ0v) is 18.7. The van der Waals surface area contributed by atoms with Gasteiger partial charge in [-0.15, -0.1) is 0 Å². The summed E-state index contributed by atoms with van der Waals surface area (Å²) in [5.41, 5.74) is 4.20. The minimum Gasteiger partial charge on any atom is -0.335 e. The van der Waals surface area contributed by atoms with Gasteiger partial charge < -0.3 is 15.2 Å². The molecule has 162 valence electrons. The Morgan fingerprint density at radius 3 is 2.69 bits per heavy atom. The van der Waals surface area contributed by atoms with Crippen LogP contribution in [0.4, 0.5) is 11.5 Å². The van der Waals surface area contributed by atoms with Gasteiger partial charge in [-0.1, -0.05) is 31.5 Å². The van der Waals surface area contributed by atoms with Crippen molar-refractivity contribution in [3.8, 4) is 17.2 Å². The van der Waals surface area contributed by atoms with E-state index >= 15 is 0 Å². The summed E-state index contributed by atoms with van der Waals surface area (Å²) in [7, 11) is 0. The quantitative estimate of drug-likeness (QED) is 0.595. The van der Waals surface area contributed by atoms with Gasteiger partial charge in [0.25, 0.3) is 5.91 Å². The molecule has 0 radical (unpaired) electrons. The molecule has 2 amide bonds. The van der Waals surface area contributed by atoms with Crippen LogP contribution in [0.1, 0.15) is 42.5 Å². The normalized spacial score (nSPS) is 13.8. The number of aromatic nitrogens is 2. The molecule has 4 rings (SSSR count). The lowest BCUT2D eigenvalue weighted by Gasteiger charge is -2.15. The first-order chi connectivity index (χ1) is 15.2. The Labute approximate surface area is 191 Å². The molecule has 2 N–H and O–H groups in total. The van der Waals surface area contributed by atoms with E-state index in [4.69, 9.17) is 11.6 Å². The number of hydrogen-bond donors (Lipinski definition) is 2. The van der Waals surface area contributed by atoms with Crippen molar-refractivity contribution in [2.45, 2.75) is 33.7 Å². The highest BCUT2D eigenvalue weighted by Gasteiger charge is 2.33. The zero-order valence-electron chi connectivity index (χ0n) is 18.0. The second-order valence-corrected chi connectivity index (χ2v) is 9.10. The SMILES string of the molecule is CC(=O)Nc1cccc(C(=O)Nc2cc(-c3cc(C#N)n4c3CC(C)(C)C4)c(Cl)cn2)c1. The van der Waals surface area contributed by atoms with Crippen molar-refractivity contribution in [3.05, 3.63) is 64.6 Å². The first kappa shape index (κ1) is 21.6. The van der Waals surface area contributed by atoms with Crippen LogP contribution in [0.2, 0.25) is 5.02 Å². The summed E-state index contributed by atoms with van der Waals surface area (Å²) in [6.07, 6.45) is 2.32. The van der Waals surface area contributed by atoms with Crippen molar-refractivity contribution >= 4 is 34.9 Å². The number of amides is 2. The number of pyridine rings is 1. The fourth-order valence-electron chi connectivity index (χ4n) is 4.07. The monoisotopic (exact) mass is 447 g/mol. The Morgan fingerprint density at radius 1 is 1.19 bits per heavy atom. The van der Waals surface area contributed by atoms with E-state index in [1.165, 1.54) is 13.1 Å². The van der Waals surface area contributed by atoms with E-state index in [1.807, 2.05) is 10.6 Å². The van der Waals surface area contributed by atoms with Crippen molar-refractivity contribution in [2.24, 2.45) is 5.41 Å². The van der Waals surface area contributed by atoms with Crippen LogP contribution in [-0.4, -0.2) is 21.4 Å². The van der Waals surface area contributed by atoms with Crippen LogP contribution < -0.4 is 10.6 Å². The molecule has 1 aliphatic rings. The smallest absolute Gasteiger partial charge is 0.256 e. The van der Waals surface area contributed by atoms with Crippen LogP contribution in [-0.2, 0) is 17.8 Å². The van der Waals surface area contributed by atoms with Gasteiger partial charge in [0.15, 0.2) is 0 Å². The minimum atomic E-state index is -0.362. The van der Waals surface area contributed by atoms with E-state index in [0.717, 1.165) is 24.2 Å². The van der Waals surface area contributed by atoms with Gasteiger partial charge >= 0.3 is 0 Å². The van der Waals surface area contributed by atoms with Crippen molar-refractivity contribution in [3.63, 3.8) is 0 Å². The zero-order chi connectivity index (χ0) is 23.0. The molecular weight excluding hydrogens is 426 g/mol. The van der Waals surface area contributed by atoms with Crippen LogP contribution in [0.15, 0.2) is 42.6 Å². The van der Waals surface area contributed by atoms with Crippen molar-refractivity contribution in [1.82, 2.24) is 9.55 Å². The lowest BCUT2D eigenvalue weighted by atomic mass is 9.89. The number of rotatable bonds is 4. The summed E-state index contributed by atoms with van der Waals surface area (Å²) in [6.45, 7) is 6.51. The summed E-state index contributed by atoms with van der Waals surface area (Å²) in [5, 5.41) is 15.5. The Bertz CT molecular complexity index is 1290. The molecule has 0 bridgehead atoms. The average molecular weight is 448 g/mol. The van der Waals surface area contributed by atoms with Gasteiger partial charge in [-0.2, -0.15) is 5.26 Å². The fraction of sp³-hybridized carbons (Fsp3) is 0.250. The Hall–Kier alpha value is -3.63. The summed E-state index contributed by atoms with van der Waals surface area (Å²) < 4.78 is 2.04. The van der Waals surface area contributed by atoms with E-state index in [-0.39, 0.29) is 17.2 Å². The second-order valence-electron chi connectivity index (χ2n) is 8.69. The Kier molecular flexibility index (Phi) is 5.49. The maximum Gasteiger partial charge on any atom is 0.256 e. The molecule has 3 heterocycles. The third-order valence-corrected chi connectivity index (χ3v) is 5.69. The van der Waals surface area contributed by atoms with Crippen LogP contribution in [0, 0.1) is 16.7 Å². The summed E-state index contributed by atoms with van der Waals surface area (Å²) in [5.74, 6) is -0.236. The van der Waals surface area contributed by atoms with Gasteiger partial charge in [0.1, 0.15) is 17.6 Å². The average Bonchev–Trinajstić information content (AvgIpc) is 3.21. The largest absolute Gasteiger partial charge is 0.335 e. The molecule has 0 saturated carbocycles. The predicted molar refractivity (Wildman–Crippen MR) is 124 cm³/mol. The van der Waals surface area contributed by atoms with Gasteiger partial charge in [-0.3, -0.25) is 9.59 Å². The lowest BCUT2D eigenvalue weighted by Crippen LogP contribution is -2.14. The molecule has 1 aliphatic heterocycles. The van der Waals surface area contributed by atoms with E-state index in [2.05, 4.69) is 35.5 Å². The number of halogens is 1. The molecule has 0 spiro atoms. The van der Waals surface area contributed by atoms with E-state index in [0.29, 0.717) is 33.3 Å². The molecular formula is C24H22ClN5O2. The van der Waals surface area contributed by atoms with Crippen LogP contribution in [0.25, 0.3) is 11.1 Å². The number of nitriles is 1. The molecule has 0 unspecified atom stereocenters. The van der Waals surface area contributed by atoms with Crippen molar-refractivity contribution < 1.29 is 9.59 Å². The minimum absolute atomic E-state index is 0.0480. The molecule has 0 aliphatic carbocycles. The molecule has 3 aromatic rings. The van der Waals surface area contributed by atoms with Gasteiger partial charge in [-0.05, 0) is 42.2 Å². The summed E-state index contributed by atoms with van der Waals surface area (Å²) >= 11 is 6.47. The Balaban J connectivity index is 1.65. The second kappa shape index (κ2) is 8.13. The number of anilines is 2. The fourth-order valence-corrected chi connectivity index (χ4v) is 4.27. The van der Waals surface area contributed by atoms with Gasteiger partial charge in [0, 0.05) is 47.7 Å². The number of fused-ring (bicyclic) bond motifs is 1. The van der Waals surface area contributed by atoms with Gasteiger partial charge in [-0.25, -0.2) is 4.98 Å². The highest BCUT2D eigenvalue weighted by Crippen LogP contribution is 2.41.